The summed E-state index contributed by atoms with van der Waals surface area (Å²) in [6.45, 7) is 5.85. The first-order valence-electron chi connectivity index (χ1n) is 5.37. The minimum Gasteiger partial charge on any atom is -0.332 e. The van der Waals surface area contributed by atoms with Crippen LogP contribution in [0, 0.1) is 0 Å². The van der Waals surface area contributed by atoms with Crippen LogP contribution < -0.4 is 5.32 Å². The number of carbonyl (C=O) groups is 1. The third-order valence-electron chi connectivity index (χ3n) is 2.81. The fourth-order valence-electron chi connectivity index (χ4n) is 1.88. The first-order valence-corrected chi connectivity index (χ1v) is 6.98. The molecule has 0 bridgehead atoms. The molecule has 1 aromatic rings. The number of rotatable bonds is 1. The quantitative estimate of drug-likeness (QED) is 0.853. The first-order chi connectivity index (χ1) is 7.58. The molecule has 1 amide bonds. The number of hydrogen-bond acceptors (Lipinski definition) is 3. The van der Waals surface area contributed by atoms with Gasteiger partial charge in [-0.2, -0.15) is 0 Å². The van der Waals surface area contributed by atoms with Crippen molar-refractivity contribution in [2.45, 2.75) is 25.9 Å². The molecule has 0 aliphatic carbocycles. The molecule has 2 rings (SSSR count). The summed E-state index contributed by atoms with van der Waals surface area (Å²) < 4.78 is 1.01. The minimum atomic E-state index is 0. The molecule has 1 N–H and O–H groups in total. The Hall–Kier alpha value is -0.100. The van der Waals surface area contributed by atoms with Gasteiger partial charge in [0.15, 0.2) is 0 Å². The molecule has 0 aromatic carbocycles. The Morgan fingerprint density at radius 3 is 2.82 bits per heavy atom. The molecular formula is C11H16BrClN2OS. The second-order valence-electron chi connectivity index (χ2n) is 4.22. The maximum Gasteiger partial charge on any atom is 0.264 e. The molecule has 1 saturated heterocycles. The molecule has 3 nitrogen and oxygen atoms in total. The van der Waals surface area contributed by atoms with E-state index in [2.05, 4.69) is 35.1 Å². The van der Waals surface area contributed by atoms with Crippen molar-refractivity contribution < 1.29 is 4.79 Å². The first kappa shape index (κ1) is 15.0. The van der Waals surface area contributed by atoms with E-state index in [-0.39, 0.29) is 24.4 Å². The number of halogens is 2. The van der Waals surface area contributed by atoms with Gasteiger partial charge in [-0.05, 0) is 41.9 Å². The number of hydrogen-bond donors (Lipinski definition) is 1. The minimum absolute atomic E-state index is 0. The van der Waals surface area contributed by atoms with E-state index in [1.807, 2.05) is 17.0 Å². The number of carbonyl (C=O) groups excluding carboxylic acids is 1. The lowest BCUT2D eigenvalue weighted by Crippen LogP contribution is -2.56. The maximum atomic E-state index is 12.3. The largest absolute Gasteiger partial charge is 0.332 e. The van der Waals surface area contributed by atoms with Crippen molar-refractivity contribution >= 4 is 45.6 Å². The molecule has 1 aliphatic rings. The van der Waals surface area contributed by atoms with Gasteiger partial charge in [0.1, 0.15) is 0 Å². The highest BCUT2D eigenvalue weighted by Crippen LogP contribution is 2.24. The van der Waals surface area contributed by atoms with Crippen LogP contribution in [0.25, 0.3) is 0 Å². The topological polar surface area (TPSA) is 32.3 Å². The fraction of sp³-hybridized carbons (Fsp3) is 0.545. The SMILES string of the molecule is CC1CN(C(=O)c2ccc(Br)s2)C(C)CN1.Cl. The van der Waals surface area contributed by atoms with E-state index in [9.17, 15) is 4.79 Å². The molecule has 17 heavy (non-hydrogen) atoms. The van der Waals surface area contributed by atoms with E-state index in [4.69, 9.17) is 0 Å². The van der Waals surface area contributed by atoms with Gasteiger partial charge in [-0.15, -0.1) is 23.7 Å². The molecule has 1 fully saturated rings. The third-order valence-corrected chi connectivity index (χ3v) is 4.42. The van der Waals surface area contributed by atoms with Gasteiger partial charge in [-0.1, -0.05) is 0 Å². The Kier molecular flexibility index (Phi) is 5.44. The maximum absolute atomic E-state index is 12.3. The van der Waals surface area contributed by atoms with Gasteiger partial charge in [0.25, 0.3) is 5.91 Å². The number of nitrogens with zero attached hydrogens (tertiary/aromatic N) is 1. The Morgan fingerprint density at radius 2 is 2.24 bits per heavy atom. The highest BCUT2D eigenvalue weighted by Gasteiger charge is 2.27. The molecule has 2 unspecified atom stereocenters. The van der Waals surface area contributed by atoms with Crippen molar-refractivity contribution in [2.24, 2.45) is 0 Å². The Bertz CT molecular complexity index is 399. The van der Waals surface area contributed by atoms with E-state index in [1.165, 1.54) is 11.3 Å². The van der Waals surface area contributed by atoms with Crippen molar-refractivity contribution in [2.75, 3.05) is 13.1 Å². The van der Waals surface area contributed by atoms with Crippen molar-refractivity contribution in [1.82, 2.24) is 10.2 Å². The van der Waals surface area contributed by atoms with Crippen LogP contribution in [0.15, 0.2) is 15.9 Å². The van der Waals surface area contributed by atoms with Crippen LogP contribution in [0.4, 0.5) is 0 Å². The summed E-state index contributed by atoms with van der Waals surface area (Å²) in [5, 5.41) is 3.37. The third kappa shape index (κ3) is 3.44. The van der Waals surface area contributed by atoms with E-state index in [1.54, 1.807) is 0 Å². The Balaban J connectivity index is 0.00000144. The van der Waals surface area contributed by atoms with Gasteiger partial charge in [-0.25, -0.2) is 0 Å². The van der Waals surface area contributed by atoms with Crippen LogP contribution in [-0.2, 0) is 0 Å². The van der Waals surface area contributed by atoms with E-state index in [0.717, 1.165) is 21.8 Å². The van der Waals surface area contributed by atoms with Crippen molar-refractivity contribution in [3.63, 3.8) is 0 Å². The highest BCUT2D eigenvalue weighted by atomic mass is 79.9. The average Bonchev–Trinajstić information content (AvgIpc) is 2.67. The summed E-state index contributed by atoms with van der Waals surface area (Å²) in [7, 11) is 0. The average molecular weight is 340 g/mol. The summed E-state index contributed by atoms with van der Waals surface area (Å²) in [6, 6.07) is 4.46. The summed E-state index contributed by atoms with van der Waals surface area (Å²) in [5.41, 5.74) is 0. The molecule has 2 atom stereocenters. The molecule has 96 valence electrons. The van der Waals surface area contributed by atoms with Gasteiger partial charge in [0.05, 0.1) is 8.66 Å². The Morgan fingerprint density at radius 1 is 1.53 bits per heavy atom. The smallest absolute Gasteiger partial charge is 0.264 e. The molecular weight excluding hydrogens is 324 g/mol. The normalized spacial score (nSPS) is 24.3. The van der Waals surface area contributed by atoms with Crippen molar-refractivity contribution in [3.8, 4) is 0 Å². The summed E-state index contributed by atoms with van der Waals surface area (Å²) in [4.78, 5) is 15.0. The standard InChI is InChI=1S/C11H15BrN2OS.ClH/c1-7-6-14(8(2)5-13-7)11(15)9-3-4-10(12)16-9;/h3-4,7-8,13H,5-6H2,1-2H3;1H. The van der Waals surface area contributed by atoms with Gasteiger partial charge in [-0.3, -0.25) is 4.79 Å². The molecule has 0 radical (unpaired) electrons. The molecule has 6 heteroatoms. The molecule has 0 saturated carbocycles. The lowest BCUT2D eigenvalue weighted by Gasteiger charge is -2.37. The monoisotopic (exact) mass is 338 g/mol. The van der Waals surface area contributed by atoms with Crippen LogP contribution in [-0.4, -0.2) is 36.0 Å². The van der Waals surface area contributed by atoms with Crippen molar-refractivity contribution in [1.29, 1.82) is 0 Å². The fourth-order valence-corrected chi connectivity index (χ4v) is 3.22. The second kappa shape index (κ2) is 6.18. The highest BCUT2D eigenvalue weighted by molar-refractivity contribution is 9.11. The molecule has 0 spiro atoms. The van der Waals surface area contributed by atoms with Crippen LogP contribution in [0.1, 0.15) is 23.5 Å². The van der Waals surface area contributed by atoms with Gasteiger partial charge >= 0.3 is 0 Å². The number of piperazine rings is 1. The van der Waals surface area contributed by atoms with E-state index in [0.29, 0.717) is 6.04 Å². The van der Waals surface area contributed by atoms with Gasteiger partial charge < -0.3 is 10.2 Å². The summed E-state index contributed by atoms with van der Waals surface area (Å²) >= 11 is 4.88. The zero-order valence-electron chi connectivity index (χ0n) is 9.77. The number of amides is 1. The Labute approximate surface area is 120 Å². The lowest BCUT2D eigenvalue weighted by molar-refractivity contribution is 0.0621. The van der Waals surface area contributed by atoms with Crippen LogP contribution in [0.2, 0.25) is 0 Å². The van der Waals surface area contributed by atoms with E-state index < -0.39 is 0 Å². The lowest BCUT2D eigenvalue weighted by atomic mass is 10.1. The zero-order chi connectivity index (χ0) is 11.7. The van der Waals surface area contributed by atoms with Gasteiger partial charge in [0.2, 0.25) is 0 Å². The zero-order valence-corrected chi connectivity index (χ0v) is 13.0. The molecule has 2 heterocycles. The van der Waals surface area contributed by atoms with Crippen LogP contribution in [0.3, 0.4) is 0 Å². The number of thiophene rings is 1. The van der Waals surface area contributed by atoms with Crippen LogP contribution >= 0.6 is 39.7 Å². The summed E-state index contributed by atoms with van der Waals surface area (Å²) in [5.74, 6) is 0.150. The molecule has 1 aromatic heterocycles. The van der Waals surface area contributed by atoms with E-state index >= 15 is 0 Å². The molecule has 1 aliphatic heterocycles. The second-order valence-corrected chi connectivity index (χ2v) is 6.68. The summed E-state index contributed by atoms with van der Waals surface area (Å²) in [6.07, 6.45) is 0. The number of nitrogens with one attached hydrogen (secondary N) is 1. The van der Waals surface area contributed by atoms with Crippen molar-refractivity contribution in [3.05, 3.63) is 20.8 Å². The predicted octanol–water partition coefficient (Wildman–Crippen LogP) is 2.75. The van der Waals surface area contributed by atoms with Crippen LogP contribution in [0.5, 0.6) is 0 Å². The predicted molar refractivity (Wildman–Crippen MR) is 77.2 cm³/mol. The van der Waals surface area contributed by atoms with Gasteiger partial charge in [0, 0.05) is 25.2 Å².